The second-order valence-corrected chi connectivity index (χ2v) is 5.58. The summed E-state index contributed by atoms with van der Waals surface area (Å²) < 4.78 is 13.1. The van der Waals surface area contributed by atoms with Crippen molar-refractivity contribution in [2.24, 2.45) is 0 Å². The predicted octanol–water partition coefficient (Wildman–Crippen LogP) is 1.66. The van der Waals surface area contributed by atoms with Crippen molar-refractivity contribution in [2.45, 2.75) is 26.5 Å². The fraction of sp³-hybridized carbons (Fsp3) is 0.294. The van der Waals surface area contributed by atoms with Crippen molar-refractivity contribution in [3.63, 3.8) is 0 Å². The summed E-state index contributed by atoms with van der Waals surface area (Å²) in [6, 6.07) is 6.84. The first-order chi connectivity index (χ1) is 11.4. The molecular weight excluding hydrogens is 313 g/mol. The second-order valence-electron chi connectivity index (χ2n) is 5.58. The Morgan fingerprint density at radius 3 is 2.71 bits per heavy atom. The summed E-state index contributed by atoms with van der Waals surface area (Å²) >= 11 is 0. The van der Waals surface area contributed by atoms with E-state index < -0.39 is 18.0 Å². The van der Waals surface area contributed by atoms with Crippen LogP contribution >= 0.6 is 0 Å². The number of pyridine rings is 1. The molecular formula is C17H20FN3O3. The van der Waals surface area contributed by atoms with Gasteiger partial charge in [-0.05, 0) is 43.2 Å². The highest BCUT2D eigenvalue weighted by molar-refractivity contribution is 5.73. The predicted molar refractivity (Wildman–Crippen MR) is 88.1 cm³/mol. The van der Waals surface area contributed by atoms with E-state index in [9.17, 15) is 19.1 Å². The molecule has 2 aromatic rings. The van der Waals surface area contributed by atoms with Gasteiger partial charge in [-0.1, -0.05) is 12.1 Å². The van der Waals surface area contributed by atoms with E-state index in [0.717, 1.165) is 11.3 Å². The number of H-pyrrole nitrogens is 1. The average Bonchev–Trinajstić information content (AvgIpc) is 2.51. The molecule has 0 aliphatic rings. The fourth-order valence-corrected chi connectivity index (χ4v) is 2.35. The van der Waals surface area contributed by atoms with Gasteiger partial charge in [0.2, 0.25) is 0 Å². The summed E-state index contributed by atoms with van der Waals surface area (Å²) in [6.45, 7) is 3.58. The topological polar surface area (TPSA) is 94.2 Å². The van der Waals surface area contributed by atoms with Gasteiger partial charge in [0.05, 0.1) is 12.6 Å². The molecule has 2 rings (SSSR count). The molecule has 1 heterocycles. The number of hydrogen-bond donors (Lipinski definition) is 4. The highest BCUT2D eigenvalue weighted by atomic mass is 19.1. The molecule has 1 atom stereocenters. The third-order valence-corrected chi connectivity index (χ3v) is 3.61. The van der Waals surface area contributed by atoms with Crippen LogP contribution in [0.25, 0.3) is 0 Å². The Labute approximate surface area is 138 Å². The van der Waals surface area contributed by atoms with E-state index in [1.54, 1.807) is 19.9 Å². The van der Waals surface area contributed by atoms with E-state index in [2.05, 4.69) is 15.6 Å². The van der Waals surface area contributed by atoms with Crippen LogP contribution < -0.4 is 16.2 Å². The van der Waals surface area contributed by atoms with Gasteiger partial charge >= 0.3 is 6.03 Å². The van der Waals surface area contributed by atoms with Crippen LogP contribution in [0.5, 0.6) is 0 Å². The van der Waals surface area contributed by atoms with Crippen molar-refractivity contribution in [3.8, 4) is 0 Å². The Balaban J connectivity index is 1.87. The van der Waals surface area contributed by atoms with Crippen LogP contribution in [-0.2, 0) is 6.54 Å². The van der Waals surface area contributed by atoms with Gasteiger partial charge < -0.3 is 20.7 Å². The van der Waals surface area contributed by atoms with Gasteiger partial charge in [0.1, 0.15) is 5.82 Å². The number of amides is 2. The van der Waals surface area contributed by atoms with Crippen molar-refractivity contribution in [2.75, 3.05) is 6.54 Å². The number of aryl methyl sites for hydroxylation is 2. The second kappa shape index (κ2) is 7.74. The number of urea groups is 1. The number of aromatic amines is 1. The standard InChI is InChI=1S/C17H20FN3O3/c1-10-6-11(2)21-16(23)14(10)8-19-17(24)20-9-15(22)12-4-3-5-13(18)7-12/h3-7,15,22H,8-9H2,1-2H3,(H,21,23)(H2,19,20,24). The third kappa shape index (κ3) is 4.66. The third-order valence-electron chi connectivity index (χ3n) is 3.61. The monoisotopic (exact) mass is 333 g/mol. The van der Waals surface area contributed by atoms with Crippen LogP contribution in [0.1, 0.15) is 28.5 Å². The average molecular weight is 333 g/mol. The minimum Gasteiger partial charge on any atom is -0.387 e. The lowest BCUT2D eigenvalue weighted by Crippen LogP contribution is -2.38. The number of aromatic nitrogens is 1. The maximum absolute atomic E-state index is 13.1. The van der Waals surface area contributed by atoms with Crippen LogP contribution in [0.4, 0.5) is 9.18 Å². The van der Waals surface area contributed by atoms with Gasteiger partial charge in [-0.2, -0.15) is 0 Å². The number of rotatable bonds is 5. The molecule has 1 aromatic carbocycles. The molecule has 0 saturated carbocycles. The highest BCUT2D eigenvalue weighted by Crippen LogP contribution is 2.12. The van der Waals surface area contributed by atoms with Gasteiger partial charge in [-0.25, -0.2) is 9.18 Å². The quantitative estimate of drug-likeness (QED) is 0.670. The van der Waals surface area contributed by atoms with Gasteiger partial charge in [-0.15, -0.1) is 0 Å². The maximum atomic E-state index is 13.1. The van der Waals surface area contributed by atoms with Crippen LogP contribution in [0.15, 0.2) is 35.1 Å². The van der Waals surface area contributed by atoms with Crippen LogP contribution in [0.2, 0.25) is 0 Å². The summed E-state index contributed by atoms with van der Waals surface area (Å²) in [4.78, 5) is 26.3. The lowest BCUT2D eigenvalue weighted by molar-refractivity contribution is 0.172. The van der Waals surface area contributed by atoms with E-state index in [1.807, 2.05) is 6.07 Å². The first-order valence-electron chi connectivity index (χ1n) is 7.51. The molecule has 0 fully saturated rings. The lowest BCUT2D eigenvalue weighted by Gasteiger charge is -2.13. The van der Waals surface area contributed by atoms with Crippen LogP contribution in [0.3, 0.4) is 0 Å². The van der Waals surface area contributed by atoms with Crippen molar-refractivity contribution < 1.29 is 14.3 Å². The molecule has 0 saturated heterocycles. The molecule has 128 valence electrons. The molecule has 0 radical (unpaired) electrons. The van der Waals surface area contributed by atoms with E-state index in [1.165, 1.54) is 18.2 Å². The summed E-state index contributed by atoms with van der Waals surface area (Å²) in [5.74, 6) is -0.454. The van der Waals surface area contributed by atoms with Crippen molar-refractivity contribution >= 4 is 6.03 Å². The van der Waals surface area contributed by atoms with E-state index in [4.69, 9.17) is 0 Å². The summed E-state index contributed by atoms with van der Waals surface area (Å²) in [5, 5.41) is 15.0. The van der Waals surface area contributed by atoms with Crippen LogP contribution in [0, 0.1) is 19.7 Å². The molecule has 7 heteroatoms. The number of aliphatic hydroxyl groups excluding tert-OH is 1. The molecule has 2 amide bonds. The van der Waals surface area contributed by atoms with Crippen LogP contribution in [-0.4, -0.2) is 22.7 Å². The number of hydrogen-bond acceptors (Lipinski definition) is 3. The number of carbonyl (C=O) groups excluding carboxylic acids is 1. The first kappa shape index (κ1) is 17.7. The van der Waals surface area contributed by atoms with E-state index in [0.29, 0.717) is 11.1 Å². The summed E-state index contributed by atoms with van der Waals surface area (Å²) in [6.07, 6.45) is -1.02. The zero-order valence-electron chi connectivity index (χ0n) is 13.5. The minimum absolute atomic E-state index is 0.0709. The Hall–Kier alpha value is -2.67. The molecule has 0 aliphatic heterocycles. The Morgan fingerprint density at radius 1 is 1.29 bits per heavy atom. The smallest absolute Gasteiger partial charge is 0.315 e. The molecule has 1 aromatic heterocycles. The number of benzene rings is 1. The van der Waals surface area contributed by atoms with Gasteiger partial charge in [0.25, 0.3) is 5.56 Å². The number of carbonyl (C=O) groups is 1. The summed E-state index contributed by atoms with van der Waals surface area (Å²) in [7, 11) is 0. The number of halogens is 1. The fourth-order valence-electron chi connectivity index (χ4n) is 2.35. The Bertz CT molecular complexity index is 789. The molecule has 0 bridgehead atoms. The Kier molecular flexibility index (Phi) is 5.70. The molecule has 0 aliphatic carbocycles. The van der Waals surface area contributed by atoms with Crippen molar-refractivity contribution in [1.29, 1.82) is 0 Å². The van der Waals surface area contributed by atoms with E-state index in [-0.39, 0.29) is 18.6 Å². The molecule has 0 spiro atoms. The zero-order chi connectivity index (χ0) is 17.7. The highest BCUT2D eigenvalue weighted by Gasteiger charge is 2.11. The number of aliphatic hydroxyl groups is 1. The zero-order valence-corrected chi connectivity index (χ0v) is 13.5. The number of nitrogens with one attached hydrogen (secondary N) is 3. The van der Waals surface area contributed by atoms with Crippen molar-refractivity contribution in [3.05, 3.63) is 68.9 Å². The Morgan fingerprint density at radius 2 is 2.04 bits per heavy atom. The van der Waals surface area contributed by atoms with Gasteiger partial charge in [0, 0.05) is 17.8 Å². The molecule has 1 unspecified atom stereocenters. The maximum Gasteiger partial charge on any atom is 0.315 e. The van der Waals surface area contributed by atoms with Crippen molar-refractivity contribution in [1.82, 2.24) is 15.6 Å². The minimum atomic E-state index is -1.02. The molecule has 24 heavy (non-hydrogen) atoms. The van der Waals surface area contributed by atoms with E-state index >= 15 is 0 Å². The largest absolute Gasteiger partial charge is 0.387 e. The lowest BCUT2D eigenvalue weighted by atomic mass is 10.1. The molecule has 4 N–H and O–H groups in total. The first-order valence-corrected chi connectivity index (χ1v) is 7.51. The van der Waals surface area contributed by atoms with Gasteiger partial charge in [-0.3, -0.25) is 4.79 Å². The SMILES string of the molecule is Cc1cc(C)c(CNC(=O)NCC(O)c2cccc(F)c2)c(=O)[nH]1. The molecule has 6 nitrogen and oxygen atoms in total. The van der Waals surface area contributed by atoms with Gasteiger partial charge in [0.15, 0.2) is 0 Å². The summed E-state index contributed by atoms with van der Waals surface area (Å²) in [5.41, 5.74) is 2.15. The normalized spacial score (nSPS) is 11.8.